The Balaban J connectivity index is 1.67. The van der Waals surface area contributed by atoms with Crippen molar-refractivity contribution >= 4 is 28.3 Å². The molecule has 8 heteroatoms. The van der Waals surface area contributed by atoms with Crippen molar-refractivity contribution in [1.82, 2.24) is 19.7 Å². The van der Waals surface area contributed by atoms with E-state index in [0.717, 1.165) is 28.8 Å². The largest absolute Gasteiger partial charge is 0.465 e. The molecular weight excluding hydrogens is 367 g/mol. The number of para-hydroxylation sites is 1. The summed E-state index contributed by atoms with van der Waals surface area (Å²) in [6.07, 6.45) is 2.52. The Kier molecular flexibility index (Phi) is 4.59. The van der Waals surface area contributed by atoms with Crippen LogP contribution in [0.15, 0.2) is 24.4 Å². The van der Waals surface area contributed by atoms with Gasteiger partial charge in [-0.3, -0.25) is 0 Å². The molecule has 1 saturated heterocycles. The van der Waals surface area contributed by atoms with Gasteiger partial charge in [0.15, 0.2) is 0 Å². The van der Waals surface area contributed by atoms with Gasteiger partial charge < -0.3 is 10.0 Å². The maximum absolute atomic E-state index is 14.5. The molecule has 1 N–H and O–H groups in total. The number of nitrogens with zero attached hydrogens (tertiary/aromatic N) is 4. The third-order valence-corrected chi connectivity index (χ3v) is 6.22. The van der Waals surface area contributed by atoms with Gasteiger partial charge in [0.2, 0.25) is 5.13 Å². The molecule has 1 aliphatic heterocycles. The Morgan fingerprint density at radius 3 is 2.74 bits per heavy atom. The van der Waals surface area contributed by atoms with Crippen molar-refractivity contribution in [2.45, 2.75) is 38.5 Å². The zero-order chi connectivity index (χ0) is 19.1. The molecule has 142 valence electrons. The highest BCUT2D eigenvalue weighted by Crippen LogP contribution is 2.35. The smallest absolute Gasteiger partial charge is 0.407 e. The number of likely N-dealkylation sites (tertiary alicyclic amines) is 1. The van der Waals surface area contributed by atoms with Gasteiger partial charge in [-0.2, -0.15) is 5.10 Å². The number of amides is 1. The second kappa shape index (κ2) is 6.92. The van der Waals surface area contributed by atoms with Gasteiger partial charge in [-0.1, -0.05) is 37.3 Å². The van der Waals surface area contributed by atoms with Crippen LogP contribution in [0.25, 0.3) is 16.0 Å². The van der Waals surface area contributed by atoms with Crippen molar-refractivity contribution in [3.05, 3.63) is 40.8 Å². The fraction of sp³-hybridized carbons (Fsp3) is 0.421. The second-order valence-corrected chi connectivity index (χ2v) is 8.22. The standard InChI is InChI=1S/C19H21FN4O2S/c1-11(2)16-13-4-3-5-14(20)17(13)24(22-16)18-21-10-15(27-18)12-6-8-23(9-7-12)19(25)26/h3-5,10-12H,6-9H2,1-2H3,(H,25,26). The van der Waals surface area contributed by atoms with E-state index in [-0.39, 0.29) is 17.7 Å². The Morgan fingerprint density at radius 2 is 2.07 bits per heavy atom. The van der Waals surface area contributed by atoms with E-state index in [1.165, 1.54) is 22.3 Å². The molecule has 0 spiro atoms. The van der Waals surface area contributed by atoms with Gasteiger partial charge in [0.25, 0.3) is 0 Å². The molecule has 6 nitrogen and oxygen atoms in total. The van der Waals surface area contributed by atoms with Crippen LogP contribution in [-0.2, 0) is 0 Å². The molecule has 0 radical (unpaired) electrons. The Hall–Kier alpha value is -2.48. The van der Waals surface area contributed by atoms with Crippen LogP contribution in [0.1, 0.15) is 49.1 Å². The van der Waals surface area contributed by atoms with Crippen molar-refractivity contribution in [2.75, 3.05) is 13.1 Å². The van der Waals surface area contributed by atoms with Gasteiger partial charge >= 0.3 is 6.09 Å². The molecule has 2 aromatic heterocycles. The first-order chi connectivity index (χ1) is 13.0. The molecule has 27 heavy (non-hydrogen) atoms. The molecule has 0 unspecified atom stereocenters. The molecule has 1 aliphatic rings. The number of piperidine rings is 1. The third kappa shape index (κ3) is 3.18. The van der Waals surface area contributed by atoms with Crippen LogP contribution in [0.4, 0.5) is 9.18 Å². The molecule has 0 aliphatic carbocycles. The summed E-state index contributed by atoms with van der Waals surface area (Å²) in [5, 5.41) is 15.2. The fourth-order valence-corrected chi connectivity index (χ4v) is 4.68. The number of thiazole rings is 1. The van der Waals surface area contributed by atoms with E-state index in [0.29, 0.717) is 23.7 Å². The van der Waals surface area contributed by atoms with Crippen molar-refractivity contribution in [1.29, 1.82) is 0 Å². The zero-order valence-corrected chi connectivity index (χ0v) is 16.0. The van der Waals surface area contributed by atoms with Crippen LogP contribution in [0, 0.1) is 5.82 Å². The summed E-state index contributed by atoms with van der Waals surface area (Å²) in [5.74, 6) is 0.150. The van der Waals surface area contributed by atoms with E-state index in [1.807, 2.05) is 26.1 Å². The first kappa shape index (κ1) is 17.9. The molecule has 1 aromatic carbocycles. The van der Waals surface area contributed by atoms with Gasteiger partial charge in [0.1, 0.15) is 11.3 Å². The van der Waals surface area contributed by atoms with E-state index >= 15 is 0 Å². The lowest BCUT2D eigenvalue weighted by Crippen LogP contribution is -2.36. The monoisotopic (exact) mass is 388 g/mol. The van der Waals surface area contributed by atoms with Crippen LogP contribution < -0.4 is 0 Å². The summed E-state index contributed by atoms with van der Waals surface area (Å²) < 4.78 is 16.2. The molecule has 0 saturated carbocycles. The summed E-state index contributed by atoms with van der Waals surface area (Å²) in [6.45, 7) is 5.15. The minimum absolute atomic E-state index is 0.176. The van der Waals surface area contributed by atoms with E-state index in [9.17, 15) is 9.18 Å². The molecule has 4 rings (SSSR count). The molecule has 3 heterocycles. The highest BCUT2D eigenvalue weighted by atomic mass is 32.1. The van der Waals surface area contributed by atoms with Crippen LogP contribution in [0.3, 0.4) is 0 Å². The topological polar surface area (TPSA) is 71.2 Å². The van der Waals surface area contributed by atoms with E-state index in [4.69, 9.17) is 5.11 Å². The Morgan fingerprint density at radius 1 is 1.33 bits per heavy atom. The molecule has 1 fully saturated rings. The summed E-state index contributed by atoms with van der Waals surface area (Å²) in [7, 11) is 0. The van der Waals surface area contributed by atoms with Gasteiger partial charge in [-0.15, -0.1) is 0 Å². The fourth-order valence-electron chi connectivity index (χ4n) is 3.63. The molecule has 3 aromatic rings. The van der Waals surface area contributed by atoms with Gasteiger partial charge in [-0.25, -0.2) is 18.9 Å². The Labute approximate surface area is 160 Å². The van der Waals surface area contributed by atoms with E-state index in [1.54, 1.807) is 10.7 Å². The SMILES string of the molecule is CC(C)c1nn(-c2ncc(C3CCN(C(=O)O)CC3)s2)c2c(F)cccc12. The first-order valence-electron chi connectivity index (χ1n) is 9.06. The van der Waals surface area contributed by atoms with E-state index < -0.39 is 6.09 Å². The average molecular weight is 388 g/mol. The van der Waals surface area contributed by atoms with Crippen LogP contribution in [-0.4, -0.2) is 44.0 Å². The number of halogens is 1. The highest BCUT2D eigenvalue weighted by Gasteiger charge is 2.26. The predicted octanol–water partition coefficient (Wildman–Crippen LogP) is 4.60. The maximum Gasteiger partial charge on any atom is 0.407 e. The Bertz CT molecular complexity index is 989. The summed E-state index contributed by atoms with van der Waals surface area (Å²) in [4.78, 5) is 18.1. The molecule has 0 atom stereocenters. The van der Waals surface area contributed by atoms with Gasteiger partial charge in [0.05, 0.1) is 5.69 Å². The number of fused-ring (bicyclic) bond motifs is 1. The molecular formula is C19H21FN4O2S. The minimum atomic E-state index is -0.863. The lowest BCUT2D eigenvalue weighted by atomic mass is 9.96. The quantitative estimate of drug-likeness (QED) is 0.712. The second-order valence-electron chi connectivity index (χ2n) is 7.18. The van der Waals surface area contributed by atoms with Crippen molar-refractivity contribution in [2.24, 2.45) is 0 Å². The number of hydrogen-bond acceptors (Lipinski definition) is 4. The highest BCUT2D eigenvalue weighted by molar-refractivity contribution is 7.14. The van der Waals surface area contributed by atoms with Crippen molar-refractivity contribution in [3.8, 4) is 5.13 Å². The minimum Gasteiger partial charge on any atom is -0.465 e. The molecule has 0 bridgehead atoms. The van der Waals surface area contributed by atoms with Crippen LogP contribution in [0.5, 0.6) is 0 Å². The number of benzene rings is 1. The number of hydrogen-bond donors (Lipinski definition) is 1. The number of carbonyl (C=O) groups is 1. The summed E-state index contributed by atoms with van der Waals surface area (Å²) >= 11 is 1.51. The maximum atomic E-state index is 14.5. The number of carboxylic acid groups (broad SMARTS) is 1. The number of rotatable bonds is 3. The zero-order valence-electron chi connectivity index (χ0n) is 15.2. The lowest BCUT2D eigenvalue weighted by Gasteiger charge is -2.29. The predicted molar refractivity (Wildman–Crippen MR) is 102 cm³/mol. The lowest BCUT2D eigenvalue weighted by molar-refractivity contribution is 0.132. The third-order valence-electron chi connectivity index (χ3n) is 5.09. The average Bonchev–Trinajstić information content (AvgIpc) is 3.27. The van der Waals surface area contributed by atoms with Crippen molar-refractivity contribution in [3.63, 3.8) is 0 Å². The molecule has 1 amide bonds. The first-order valence-corrected chi connectivity index (χ1v) is 9.88. The van der Waals surface area contributed by atoms with Crippen LogP contribution >= 0.6 is 11.3 Å². The normalized spacial score (nSPS) is 15.8. The van der Waals surface area contributed by atoms with E-state index in [2.05, 4.69) is 10.1 Å². The van der Waals surface area contributed by atoms with Gasteiger partial charge in [-0.05, 0) is 30.7 Å². The summed E-state index contributed by atoms with van der Waals surface area (Å²) in [5.41, 5.74) is 1.32. The number of aromatic nitrogens is 3. The van der Waals surface area contributed by atoms with Gasteiger partial charge in [0, 0.05) is 29.5 Å². The van der Waals surface area contributed by atoms with Crippen LogP contribution in [0.2, 0.25) is 0 Å². The summed E-state index contributed by atoms with van der Waals surface area (Å²) in [6, 6.07) is 5.05. The van der Waals surface area contributed by atoms with Crippen molar-refractivity contribution < 1.29 is 14.3 Å².